The number of rotatable bonds is 8. The molecule has 0 atom stereocenters. The summed E-state index contributed by atoms with van der Waals surface area (Å²) in [5.74, 6) is 0.990. The number of thiophene rings is 1. The summed E-state index contributed by atoms with van der Waals surface area (Å²) in [4.78, 5) is 1.50. The van der Waals surface area contributed by atoms with Gasteiger partial charge in [0, 0.05) is 24.5 Å². The minimum Gasteiger partial charge on any atom is -0.315 e. The van der Waals surface area contributed by atoms with Crippen molar-refractivity contribution in [2.75, 3.05) is 19.6 Å². The molecule has 0 radical (unpaired) electrons. The maximum absolute atomic E-state index is 3.50. The van der Waals surface area contributed by atoms with Crippen LogP contribution in [0, 0.1) is 5.92 Å². The summed E-state index contributed by atoms with van der Waals surface area (Å²) in [6.45, 7) is 6.66. The molecule has 0 amide bonds. The van der Waals surface area contributed by atoms with Crippen molar-refractivity contribution in [3.63, 3.8) is 0 Å². The SMILES string of the molecule is CCc1ccsc1CNCCNCC1CC1. The summed E-state index contributed by atoms with van der Waals surface area (Å²) in [7, 11) is 0. The monoisotopic (exact) mass is 238 g/mol. The van der Waals surface area contributed by atoms with E-state index < -0.39 is 0 Å². The van der Waals surface area contributed by atoms with Crippen LogP contribution >= 0.6 is 11.3 Å². The average Bonchev–Trinajstić information content (AvgIpc) is 3.01. The minimum absolute atomic E-state index is 0.990. The van der Waals surface area contributed by atoms with Gasteiger partial charge in [-0.15, -0.1) is 11.3 Å². The Hall–Kier alpha value is -0.380. The van der Waals surface area contributed by atoms with Gasteiger partial charge in [0.15, 0.2) is 0 Å². The van der Waals surface area contributed by atoms with Gasteiger partial charge in [-0.25, -0.2) is 0 Å². The maximum Gasteiger partial charge on any atom is 0.0303 e. The molecule has 1 aliphatic carbocycles. The maximum atomic E-state index is 3.50. The second-order valence-corrected chi connectivity index (χ2v) is 5.55. The van der Waals surface area contributed by atoms with Crippen LogP contribution in [0.3, 0.4) is 0 Å². The van der Waals surface area contributed by atoms with Gasteiger partial charge in [-0.05, 0) is 48.7 Å². The first-order valence-corrected chi connectivity index (χ1v) is 7.24. The van der Waals surface area contributed by atoms with Crippen LogP contribution in [0.15, 0.2) is 11.4 Å². The van der Waals surface area contributed by atoms with Gasteiger partial charge in [0.2, 0.25) is 0 Å². The number of hydrogen-bond donors (Lipinski definition) is 2. The highest BCUT2D eigenvalue weighted by Crippen LogP contribution is 2.27. The predicted octanol–water partition coefficient (Wildman–Crippen LogP) is 2.40. The molecule has 2 N–H and O–H groups in total. The van der Waals surface area contributed by atoms with Crippen molar-refractivity contribution in [3.05, 3.63) is 21.9 Å². The molecule has 2 rings (SSSR count). The Morgan fingerprint density at radius 1 is 1.31 bits per heavy atom. The summed E-state index contributed by atoms with van der Waals surface area (Å²) in [6, 6.07) is 2.24. The Labute approximate surface area is 102 Å². The summed E-state index contributed by atoms with van der Waals surface area (Å²) in [5, 5.41) is 9.20. The van der Waals surface area contributed by atoms with Gasteiger partial charge in [0.05, 0.1) is 0 Å². The second kappa shape index (κ2) is 6.38. The topological polar surface area (TPSA) is 24.1 Å². The van der Waals surface area contributed by atoms with Gasteiger partial charge < -0.3 is 10.6 Å². The lowest BCUT2D eigenvalue weighted by Gasteiger charge is -2.06. The third-order valence-corrected chi connectivity index (χ3v) is 4.08. The summed E-state index contributed by atoms with van der Waals surface area (Å²) >= 11 is 1.87. The van der Waals surface area contributed by atoms with Crippen LogP contribution in [0.4, 0.5) is 0 Å². The Morgan fingerprint density at radius 2 is 2.12 bits per heavy atom. The Bertz CT molecular complexity index is 305. The number of hydrogen-bond acceptors (Lipinski definition) is 3. The van der Waals surface area contributed by atoms with Gasteiger partial charge in [0.1, 0.15) is 0 Å². The van der Waals surface area contributed by atoms with Gasteiger partial charge in [0.25, 0.3) is 0 Å². The lowest BCUT2D eigenvalue weighted by Crippen LogP contribution is -2.28. The van der Waals surface area contributed by atoms with E-state index in [0.717, 1.165) is 32.0 Å². The molecule has 1 fully saturated rings. The zero-order valence-corrected chi connectivity index (χ0v) is 10.9. The van der Waals surface area contributed by atoms with Crippen molar-refractivity contribution in [2.24, 2.45) is 5.92 Å². The molecule has 1 aromatic rings. The number of nitrogens with one attached hydrogen (secondary N) is 2. The van der Waals surface area contributed by atoms with E-state index in [1.807, 2.05) is 11.3 Å². The van der Waals surface area contributed by atoms with Gasteiger partial charge in [-0.1, -0.05) is 6.92 Å². The van der Waals surface area contributed by atoms with Crippen LogP contribution < -0.4 is 10.6 Å². The molecule has 0 bridgehead atoms. The quantitative estimate of drug-likeness (QED) is 0.680. The van der Waals surface area contributed by atoms with Crippen LogP contribution in [0.5, 0.6) is 0 Å². The van der Waals surface area contributed by atoms with Crippen molar-refractivity contribution in [1.82, 2.24) is 10.6 Å². The van der Waals surface area contributed by atoms with E-state index >= 15 is 0 Å². The van der Waals surface area contributed by atoms with E-state index in [2.05, 4.69) is 29.0 Å². The van der Waals surface area contributed by atoms with E-state index in [0.29, 0.717) is 0 Å². The average molecular weight is 238 g/mol. The highest BCUT2D eigenvalue weighted by molar-refractivity contribution is 7.10. The molecule has 0 aromatic carbocycles. The molecule has 0 spiro atoms. The molecule has 3 heteroatoms. The van der Waals surface area contributed by atoms with Crippen molar-refractivity contribution in [1.29, 1.82) is 0 Å². The van der Waals surface area contributed by atoms with Crippen LogP contribution in [-0.4, -0.2) is 19.6 Å². The van der Waals surface area contributed by atoms with Crippen molar-refractivity contribution >= 4 is 11.3 Å². The van der Waals surface area contributed by atoms with Gasteiger partial charge in [-0.2, -0.15) is 0 Å². The molecular weight excluding hydrogens is 216 g/mol. The molecule has 1 aromatic heterocycles. The molecular formula is C13H22N2S. The lowest BCUT2D eigenvalue weighted by atomic mass is 10.2. The minimum atomic E-state index is 0.990. The first-order valence-electron chi connectivity index (χ1n) is 6.37. The highest BCUT2D eigenvalue weighted by Gasteiger charge is 2.19. The third-order valence-electron chi connectivity index (χ3n) is 3.11. The summed E-state index contributed by atoms with van der Waals surface area (Å²) in [6.07, 6.45) is 4.03. The molecule has 1 heterocycles. The van der Waals surface area contributed by atoms with E-state index in [1.165, 1.54) is 29.8 Å². The fraction of sp³-hybridized carbons (Fsp3) is 0.692. The molecule has 0 saturated heterocycles. The Morgan fingerprint density at radius 3 is 2.88 bits per heavy atom. The standard InChI is InChI=1S/C13H22N2S/c1-2-12-5-8-16-13(12)10-15-7-6-14-9-11-3-4-11/h5,8,11,14-15H,2-4,6-7,9-10H2,1H3. The Kier molecular flexibility index (Phi) is 4.82. The fourth-order valence-electron chi connectivity index (χ4n) is 1.84. The first-order chi connectivity index (χ1) is 7.90. The van der Waals surface area contributed by atoms with Crippen LogP contribution in [0.2, 0.25) is 0 Å². The van der Waals surface area contributed by atoms with E-state index in [-0.39, 0.29) is 0 Å². The van der Waals surface area contributed by atoms with Gasteiger partial charge in [-0.3, -0.25) is 0 Å². The van der Waals surface area contributed by atoms with E-state index in [1.54, 1.807) is 0 Å². The van der Waals surface area contributed by atoms with Crippen LogP contribution in [0.1, 0.15) is 30.2 Å². The first kappa shape index (κ1) is 12.1. The molecule has 0 unspecified atom stereocenters. The molecule has 1 saturated carbocycles. The van der Waals surface area contributed by atoms with Crippen molar-refractivity contribution in [2.45, 2.75) is 32.7 Å². The number of aryl methyl sites for hydroxylation is 1. The predicted molar refractivity (Wildman–Crippen MR) is 71.0 cm³/mol. The molecule has 90 valence electrons. The zero-order chi connectivity index (χ0) is 11.2. The normalized spacial score (nSPS) is 15.6. The lowest BCUT2D eigenvalue weighted by molar-refractivity contribution is 0.590. The fourth-order valence-corrected chi connectivity index (χ4v) is 2.79. The smallest absolute Gasteiger partial charge is 0.0303 e. The molecule has 0 aliphatic heterocycles. The van der Waals surface area contributed by atoms with Crippen LogP contribution in [-0.2, 0) is 13.0 Å². The van der Waals surface area contributed by atoms with Crippen molar-refractivity contribution in [3.8, 4) is 0 Å². The summed E-state index contributed by atoms with van der Waals surface area (Å²) in [5.41, 5.74) is 1.50. The molecule has 1 aliphatic rings. The third kappa shape index (κ3) is 3.89. The van der Waals surface area contributed by atoms with E-state index in [4.69, 9.17) is 0 Å². The largest absolute Gasteiger partial charge is 0.315 e. The summed E-state index contributed by atoms with van der Waals surface area (Å²) < 4.78 is 0. The Balaban J connectivity index is 1.53. The van der Waals surface area contributed by atoms with Crippen LogP contribution in [0.25, 0.3) is 0 Å². The van der Waals surface area contributed by atoms with Gasteiger partial charge >= 0.3 is 0 Å². The molecule has 16 heavy (non-hydrogen) atoms. The van der Waals surface area contributed by atoms with Crippen molar-refractivity contribution < 1.29 is 0 Å². The second-order valence-electron chi connectivity index (χ2n) is 4.55. The highest BCUT2D eigenvalue weighted by atomic mass is 32.1. The zero-order valence-electron chi connectivity index (χ0n) is 10.1. The van der Waals surface area contributed by atoms with E-state index in [9.17, 15) is 0 Å². The molecule has 2 nitrogen and oxygen atoms in total.